The van der Waals surface area contributed by atoms with E-state index in [1.807, 2.05) is 42.7 Å². The van der Waals surface area contributed by atoms with E-state index in [9.17, 15) is 5.26 Å². The number of hydrogen-bond acceptors (Lipinski definition) is 6. The maximum Gasteiger partial charge on any atom is 0.0970 e. The lowest BCUT2D eigenvalue weighted by atomic mass is 9.96. The maximum atomic E-state index is 10.0. The van der Waals surface area contributed by atoms with Crippen LogP contribution in [0.15, 0.2) is 90.1 Å². The summed E-state index contributed by atoms with van der Waals surface area (Å²) in [5, 5.41) is 15.6. The first-order valence-corrected chi connectivity index (χ1v) is 11.0. The number of hydrogen-bond donors (Lipinski definition) is 0. The second kappa shape index (κ2) is 9.06. The van der Waals surface area contributed by atoms with E-state index in [2.05, 4.69) is 68.7 Å². The Kier molecular flexibility index (Phi) is 5.83. The third-order valence-corrected chi connectivity index (χ3v) is 6.21. The zero-order valence-corrected chi connectivity index (χ0v) is 18.1. The van der Waals surface area contributed by atoms with Gasteiger partial charge >= 0.3 is 0 Å². The Labute approximate surface area is 189 Å². The van der Waals surface area contributed by atoms with Crippen LogP contribution in [0.2, 0.25) is 0 Å². The molecule has 0 atom stereocenters. The third-order valence-electron chi connectivity index (χ3n) is 5.62. The first kappa shape index (κ1) is 20.6. The molecule has 2 heterocycles. The van der Waals surface area contributed by atoms with Gasteiger partial charge in [-0.2, -0.15) is 4.33 Å². The van der Waals surface area contributed by atoms with E-state index in [0.29, 0.717) is 0 Å². The molecule has 0 saturated heterocycles. The average molecular weight is 440 g/mol. The highest BCUT2D eigenvalue weighted by molar-refractivity contribution is 7.94. The molecule has 3 aromatic carbocycles. The Morgan fingerprint density at radius 3 is 1.75 bits per heavy atom. The van der Waals surface area contributed by atoms with Crippen LogP contribution in [0.1, 0.15) is 12.5 Å². The molecule has 0 saturated carbocycles. The predicted molar refractivity (Wildman–Crippen MR) is 125 cm³/mol. The summed E-state index contributed by atoms with van der Waals surface area (Å²) in [5.74, 6) is 0. The van der Waals surface area contributed by atoms with E-state index in [0.717, 1.165) is 61.9 Å². The van der Waals surface area contributed by atoms with E-state index in [1.54, 1.807) is 0 Å². The van der Waals surface area contributed by atoms with Crippen molar-refractivity contribution in [2.75, 3.05) is 0 Å². The van der Waals surface area contributed by atoms with E-state index in [1.165, 1.54) is 11.1 Å². The summed E-state index contributed by atoms with van der Waals surface area (Å²) in [6.45, 7) is 2.16. The molecule has 0 unspecified atom stereocenters. The van der Waals surface area contributed by atoms with Crippen molar-refractivity contribution >= 4 is 33.8 Å². The molecule has 6 heteroatoms. The smallest absolute Gasteiger partial charge is 0.0970 e. The molecule has 0 aliphatic carbocycles. The van der Waals surface area contributed by atoms with E-state index in [-0.39, 0.29) is 0 Å². The maximum absolute atomic E-state index is 10.0. The number of aryl methyl sites for hydroxylation is 1. The van der Waals surface area contributed by atoms with Crippen molar-refractivity contribution in [3.05, 3.63) is 90.8 Å². The van der Waals surface area contributed by atoms with E-state index in [4.69, 9.17) is 0 Å². The fourth-order valence-corrected chi connectivity index (χ4v) is 4.35. The van der Waals surface area contributed by atoms with E-state index < -0.39 is 0 Å². The lowest BCUT2D eigenvalue weighted by Gasteiger charge is -2.12. The topological polar surface area (TPSA) is 67.3 Å². The molecule has 0 radical (unpaired) electrons. The van der Waals surface area contributed by atoms with Crippen LogP contribution in [0.25, 0.3) is 44.1 Å². The van der Waals surface area contributed by atoms with Crippen molar-refractivity contribution in [3.63, 3.8) is 0 Å². The predicted octanol–water partition coefficient (Wildman–Crippen LogP) is 5.91. The lowest BCUT2D eigenvalue weighted by Crippen LogP contribution is -2.00. The highest BCUT2D eigenvalue weighted by Gasteiger charge is 2.12. The van der Waals surface area contributed by atoms with Crippen molar-refractivity contribution in [2.45, 2.75) is 18.2 Å². The Morgan fingerprint density at radius 1 is 0.719 bits per heavy atom. The third kappa shape index (κ3) is 3.85. The van der Waals surface area contributed by atoms with Gasteiger partial charge in [0.1, 0.15) is 0 Å². The second-order valence-corrected chi connectivity index (χ2v) is 8.14. The summed E-state index contributed by atoms with van der Waals surface area (Å²) in [5.41, 5.74) is 7.49. The molecule has 0 aliphatic heterocycles. The van der Waals surface area contributed by atoms with Gasteiger partial charge in [0.25, 0.3) is 0 Å². The van der Waals surface area contributed by atoms with Gasteiger partial charge in [0, 0.05) is 28.1 Å². The number of nitrogens with zero attached hydrogens (tertiary/aromatic N) is 2. The zero-order chi connectivity index (χ0) is 21.9. The quantitative estimate of drug-likeness (QED) is 0.142. The fourth-order valence-electron chi connectivity index (χ4n) is 3.99. The molecule has 158 valence electrons. The molecular weight excluding hydrogens is 420 g/mol. The van der Waals surface area contributed by atoms with Gasteiger partial charge in [-0.1, -0.05) is 55.5 Å². The molecule has 0 bridgehead atoms. The van der Waals surface area contributed by atoms with Crippen LogP contribution in [-0.4, -0.2) is 9.97 Å². The highest BCUT2D eigenvalue weighted by Crippen LogP contribution is 2.35. The van der Waals surface area contributed by atoms with Crippen LogP contribution in [0, 0.1) is 0 Å². The summed E-state index contributed by atoms with van der Waals surface area (Å²) < 4.78 is 4.39. The summed E-state index contributed by atoms with van der Waals surface area (Å²) >= 11 is 0.874. The summed E-state index contributed by atoms with van der Waals surface area (Å²) in [4.78, 5) is 10.1. The molecule has 0 amide bonds. The Bertz CT molecular complexity index is 1390. The summed E-state index contributed by atoms with van der Waals surface area (Å²) in [6, 6.07) is 24.7. The zero-order valence-electron chi connectivity index (χ0n) is 17.3. The molecule has 5 rings (SSSR count). The summed E-state index contributed by atoms with van der Waals surface area (Å²) in [6.07, 6.45) is 4.69. The highest BCUT2D eigenvalue weighted by atomic mass is 32.2. The van der Waals surface area contributed by atoms with Gasteiger partial charge in [0.2, 0.25) is 0 Å². The van der Waals surface area contributed by atoms with Crippen molar-refractivity contribution in [3.8, 4) is 22.3 Å². The van der Waals surface area contributed by atoms with Crippen molar-refractivity contribution < 1.29 is 14.6 Å². The van der Waals surface area contributed by atoms with E-state index >= 15 is 0 Å². The van der Waals surface area contributed by atoms with Gasteiger partial charge < -0.3 is 5.26 Å². The molecular formula is C26H19N2O3S-. The van der Waals surface area contributed by atoms with Gasteiger partial charge in [-0.15, -0.1) is 0 Å². The minimum atomic E-state index is 0.772. The van der Waals surface area contributed by atoms with Crippen LogP contribution in [0.3, 0.4) is 0 Å². The number of pyridine rings is 2. The van der Waals surface area contributed by atoms with Crippen LogP contribution < -0.4 is 5.26 Å². The fraction of sp³-hybridized carbons (Fsp3) is 0.0769. The van der Waals surface area contributed by atoms with Gasteiger partial charge in [-0.25, -0.2) is 0 Å². The molecule has 2 aromatic heterocycles. The molecule has 0 N–H and O–H groups in total. The van der Waals surface area contributed by atoms with Crippen LogP contribution in [0.5, 0.6) is 0 Å². The van der Waals surface area contributed by atoms with Crippen LogP contribution >= 0.6 is 12.0 Å². The number of rotatable bonds is 6. The normalized spacial score (nSPS) is 11.3. The van der Waals surface area contributed by atoms with Gasteiger partial charge in [0.15, 0.2) is 0 Å². The van der Waals surface area contributed by atoms with Gasteiger partial charge in [-0.3, -0.25) is 15.0 Å². The van der Waals surface area contributed by atoms with Crippen molar-refractivity contribution in [2.24, 2.45) is 0 Å². The Hall–Kier alpha value is -3.29. The molecule has 5 aromatic rings. The minimum absolute atomic E-state index is 0.772. The average Bonchev–Trinajstić information content (AvgIpc) is 2.87. The first-order valence-electron chi connectivity index (χ1n) is 10.3. The van der Waals surface area contributed by atoms with Gasteiger partial charge in [-0.05, 0) is 58.5 Å². The molecule has 0 spiro atoms. The molecule has 0 fully saturated rings. The minimum Gasteiger partial charge on any atom is -0.691 e. The SMILES string of the molecule is CCc1ccc(-c2ccnc3c2ccc2c(-c4ccc(SOO[O-])cc4)ccnc23)cc1. The van der Waals surface area contributed by atoms with Crippen LogP contribution in [0.4, 0.5) is 0 Å². The number of aromatic nitrogens is 2. The Balaban J connectivity index is 1.62. The Morgan fingerprint density at radius 2 is 1.25 bits per heavy atom. The number of benzene rings is 3. The number of fused-ring (bicyclic) bond motifs is 3. The van der Waals surface area contributed by atoms with Gasteiger partial charge in [0.05, 0.1) is 23.1 Å². The lowest BCUT2D eigenvalue weighted by molar-refractivity contribution is -0.777. The molecule has 32 heavy (non-hydrogen) atoms. The molecule has 5 nitrogen and oxygen atoms in total. The standard InChI is InChI=1S/C26H20N2O3S/c1-2-17-3-5-18(6-4-17)21-13-15-27-25-23(21)11-12-24-22(14-16-28-26(24)25)19-7-9-20(10-8-19)32-31-30-29/h3-16,29H,2H2,1H3/p-1. The molecule has 0 aliphatic rings. The first-order chi connectivity index (χ1) is 15.8. The summed E-state index contributed by atoms with van der Waals surface area (Å²) in [7, 11) is 0. The largest absolute Gasteiger partial charge is 0.691 e. The van der Waals surface area contributed by atoms with Crippen molar-refractivity contribution in [1.82, 2.24) is 9.97 Å². The second-order valence-electron chi connectivity index (χ2n) is 7.37. The monoisotopic (exact) mass is 439 g/mol. The van der Waals surface area contributed by atoms with Crippen LogP contribution in [-0.2, 0) is 15.8 Å². The van der Waals surface area contributed by atoms with Crippen molar-refractivity contribution in [1.29, 1.82) is 0 Å².